The van der Waals surface area contributed by atoms with Crippen molar-refractivity contribution < 1.29 is 45.8 Å². The van der Waals surface area contributed by atoms with Crippen LogP contribution in [0, 0.1) is 0 Å². The molecule has 0 unspecified atom stereocenters. The van der Waals surface area contributed by atoms with Crippen LogP contribution in [-0.2, 0) is 39.5 Å². The maximum atomic E-state index is 14.6. The number of carbonyl (C=O) groups excluding carboxylic acids is 3. The predicted octanol–water partition coefficient (Wildman–Crippen LogP) is 4.85. The van der Waals surface area contributed by atoms with Gasteiger partial charge in [0.15, 0.2) is 5.69 Å². The zero-order chi connectivity index (χ0) is 30.8. The third-order valence-electron chi connectivity index (χ3n) is 6.68. The van der Waals surface area contributed by atoms with E-state index in [1.54, 1.807) is 6.92 Å². The topological polar surface area (TPSA) is 103 Å². The van der Waals surface area contributed by atoms with E-state index in [4.69, 9.17) is 0 Å². The SMILES string of the molecule is CCOC(=O)C(F)(F)c1cccc(CN2CCn3nc(C(F)(F)F)c(C(=O)N[C@@H](C)c4ccc(C(=O)OC)cc4)c32)c1. The van der Waals surface area contributed by atoms with Crippen molar-refractivity contribution in [1.29, 1.82) is 0 Å². The average molecular weight is 595 g/mol. The summed E-state index contributed by atoms with van der Waals surface area (Å²) >= 11 is 0. The van der Waals surface area contributed by atoms with Gasteiger partial charge in [0.25, 0.3) is 5.91 Å². The molecule has 1 aliphatic rings. The lowest BCUT2D eigenvalue weighted by Crippen LogP contribution is -2.31. The number of hydrogen-bond donors (Lipinski definition) is 1. The molecular formula is C28H27F5N4O5. The first-order valence-electron chi connectivity index (χ1n) is 12.8. The number of alkyl halides is 5. The van der Waals surface area contributed by atoms with Crippen LogP contribution in [0.15, 0.2) is 48.5 Å². The quantitative estimate of drug-likeness (QED) is 0.279. The summed E-state index contributed by atoms with van der Waals surface area (Å²) in [6.07, 6.45) is -4.96. The summed E-state index contributed by atoms with van der Waals surface area (Å²) in [5.74, 6) is -7.38. The number of aromatic nitrogens is 2. The minimum absolute atomic E-state index is 0.0227. The van der Waals surface area contributed by atoms with Gasteiger partial charge in [0.1, 0.15) is 11.4 Å². The van der Waals surface area contributed by atoms with E-state index in [9.17, 15) is 36.3 Å². The third kappa shape index (κ3) is 6.06. The fourth-order valence-electron chi connectivity index (χ4n) is 4.62. The molecule has 0 radical (unpaired) electrons. The van der Waals surface area contributed by atoms with E-state index in [1.165, 1.54) is 55.3 Å². The minimum Gasteiger partial charge on any atom is -0.465 e. The smallest absolute Gasteiger partial charge is 0.436 e. The first-order chi connectivity index (χ1) is 19.8. The van der Waals surface area contributed by atoms with E-state index >= 15 is 0 Å². The number of benzene rings is 2. The fraction of sp³-hybridized carbons (Fsp3) is 0.357. The highest BCUT2D eigenvalue weighted by Crippen LogP contribution is 2.39. The molecule has 1 N–H and O–H groups in total. The van der Waals surface area contributed by atoms with Gasteiger partial charge < -0.3 is 19.7 Å². The molecule has 14 heteroatoms. The van der Waals surface area contributed by atoms with Crippen molar-refractivity contribution in [2.24, 2.45) is 0 Å². The van der Waals surface area contributed by atoms with Crippen LogP contribution < -0.4 is 10.2 Å². The Morgan fingerprint density at radius 2 is 1.74 bits per heavy atom. The molecule has 1 aromatic heterocycles. The van der Waals surface area contributed by atoms with Gasteiger partial charge in [-0.15, -0.1) is 0 Å². The number of methoxy groups -OCH3 is 1. The van der Waals surface area contributed by atoms with Crippen LogP contribution in [-0.4, -0.2) is 47.9 Å². The molecule has 2 aromatic carbocycles. The van der Waals surface area contributed by atoms with E-state index < -0.39 is 52.8 Å². The Kier molecular flexibility index (Phi) is 8.55. The van der Waals surface area contributed by atoms with Gasteiger partial charge in [0, 0.05) is 18.7 Å². The van der Waals surface area contributed by atoms with Crippen LogP contribution in [0.25, 0.3) is 0 Å². The van der Waals surface area contributed by atoms with Crippen molar-refractivity contribution in [3.8, 4) is 0 Å². The first-order valence-corrected chi connectivity index (χ1v) is 12.8. The van der Waals surface area contributed by atoms with Crippen molar-refractivity contribution in [3.63, 3.8) is 0 Å². The van der Waals surface area contributed by atoms with Crippen molar-refractivity contribution in [3.05, 3.63) is 82.0 Å². The number of nitrogens with zero attached hydrogens (tertiary/aromatic N) is 3. The van der Waals surface area contributed by atoms with Crippen molar-refractivity contribution in [2.75, 3.05) is 25.2 Å². The number of amides is 1. The van der Waals surface area contributed by atoms with Crippen LogP contribution in [0.5, 0.6) is 0 Å². The number of ether oxygens (including phenoxy) is 2. The molecule has 2 heterocycles. The summed E-state index contributed by atoms with van der Waals surface area (Å²) in [4.78, 5) is 38.3. The zero-order valence-electron chi connectivity index (χ0n) is 22.8. The molecule has 0 fully saturated rings. The number of anilines is 1. The van der Waals surface area contributed by atoms with Crippen LogP contribution in [0.3, 0.4) is 0 Å². The van der Waals surface area contributed by atoms with Gasteiger partial charge in [-0.3, -0.25) is 4.79 Å². The molecule has 0 saturated carbocycles. The van der Waals surface area contributed by atoms with Gasteiger partial charge in [-0.1, -0.05) is 30.3 Å². The van der Waals surface area contributed by atoms with E-state index in [-0.39, 0.29) is 43.2 Å². The monoisotopic (exact) mass is 594 g/mol. The summed E-state index contributed by atoms with van der Waals surface area (Å²) in [5, 5.41) is 6.21. The summed E-state index contributed by atoms with van der Waals surface area (Å²) in [5.41, 5.74) is -1.67. The summed E-state index contributed by atoms with van der Waals surface area (Å²) in [6.45, 7) is 2.76. The molecule has 0 saturated heterocycles. The lowest BCUT2D eigenvalue weighted by Gasteiger charge is -2.22. The van der Waals surface area contributed by atoms with Crippen molar-refractivity contribution in [2.45, 2.75) is 45.1 Å². The Hall–Kier alpha value is -4.49. The maximum Gasteiger partial charge on any atom is 0.436 e. The second-order valence-corrected chi connectivity index (χ2v) is 9.49. The Morgan fingerprint density at radius 1 is 1.05 bits per heavy atom. The summed E-state index contributed by atoms with van der Waals surface area (Å²) in [6, 6.07) is 10.1. The van der Waals surface area contributed by atoms with Gasteiger partial charge in [-0.2, -0.15) is 27.1 Å². The molecule has 4 rings (SSSR count). The molecule has 1 aliphatic heterocycles. The lowest BCUT2D eigenvalue weighted by molar-refractivity contribution is -0.173. The number of halogens is 5. The van der Waals surface area contributed by atoms with Crippen LogP contribution in [0.2, 0.25) is 0 Å². The molecular weight excluding hydrogens is 567 g/mol. The molecule has 9 nitrogen and oxygen atoms in total. The largest absolute Gasteiger partial charge is 0.465 e. The van der Waals surface area contributed by atoms with E-state index in [0.29, 0.717) is 5.56 Å². The summed E-state index contributed by atoms with van der Waals surface area (Å²) in [7, 11) is 1.22. The van der Waals surface area contributed by atoms with Crippen LogP contribution in [0.4, 0.5) is 27.8 Å². The van der Waals surface area contributed by atoms with Crippen LogP contribution in [0.1, 0.15) is 63.0 Å². The second kappa shape index (κ2) is 11.8. The third-order valence-corrected chi connectivity index (χ3v) is 6.68. The zero-order valence-corrected chi connectivity index (χ0v) is 22.8. The number of carbonyl (C=O) groups is 3. The molecule has 3 aromatic rings. The standard InChI is InChI=1S/C28H27F5N4O5/c1-4-42-26(40)27(29,30)20-7-5-6-17(14-20)15-36-12-13-37-24(36)21(22(35-37)28(31,32)33)23(38)34-16(2)18-8-10-19(11-9-18)25(39)41-3/h5-11,14,16H,4,12-13,15H2,1-3H3,(H,34,38)/t16-/m0/s1. The maximum absolute atomic E-state index is 14.6. The number of nitrogens with one attached hydrogen (secondary N) is 1. The molecule has 42 heavy (non-hydrogen) atoms. The predicted molar refractivity (Wildman–Crippen MR) is 139 cm³/mol. The van der Waals surface area contributed by atoms with Gasteiger partial charge in [-0.25, -0.2) is 14.3 Å². The Balaban J connectivity index is 1.62. The first kappa shape index (κ1) is 30.5. The fourth-order valence-corrected chi connectivity index (χ4v) is 4.62. The normalized spacial score (nSPS) is 13.9. The Morgan fingerprint density at radius 3 is 2.36 bits per heavy atom. The highest BCUT2D eigenvalue weighted by Gasteiger charge is 2.45. The Bertz CT molecular complexity index is 1490. The molecule has 1 amide bonds. The lowest BCUT2D eigenvalue weighted by atomic mass is 10.0. The summed E-state index contributed by atoms with van der Waals surface area (Å²) < 4.78 is 81.4. The molecule has 1 atom stereocenters. The molecule has 224 valence electrons. The van der Waals surface area contributed by atoms with Crippen molar-refractivity contribution in [1.82, 2.24) is 15.1 Å². The average Bonchev–Trinajstić information content (AvgIpc) is 3.53. The van der Waals surface area contributed by atoms with E-state index in [1.807, 2.05) is 0 Å². The number of rotatable bonds is 9. The highest BCUT2D eigenvalue weighted by molar-refractivity contribution is 6.01. The molecule has 0 spiro atoms. The second-order valence-electron chi connectivity index (χ2n) is 9.49. The van der Waals surface area contributed by atoms with Gasteiger partial charge in [0.2, 0.25) is 0 Å². The molecule has 0 bridgehead atoms. The number of fused-ring (bicyclic) bond motifs is 1. The van der Waals surface area contributed by atoms with Crippen molar-refractivity contribution >= 4 is 23.7 Å². The molecule has 0 aliphatic carbocycles. The highest BCUT2D eigenvalue weighted by atomic mass is 19.4. The van der Waals surface area contributed by atoms with Gasteiger partial charge in [0.05, 0.1) is 31.9 Å². The minimum atomic E-state index is -4.96. The number of hydrogen-bond acceptors (Lipinski definition) is 7. The van der Waals surface area contributed by atoms with Gasteiger partial charge in [-0.05, 0) is 43.2 Å². The van der Waals surface area contributed by atoms with Crippen LogP contribution >= 0.6 is 0 Å². The Labute approximate surface area is 237 Å². The number of esters is 2. The van der Waals surface area contributed by atoms with E-state index in [0.717, 1.165) is 16.8 Å². The van der Waals surface area contributed by atoms with E-state index in [2.05, 4.69) is 19.9 Å². The van der Waals surface area contributed by atoms with Gasteiger partial charge >= 0.3 is 24.0 Å².